The first-order chi connectivity index (χ1) is 17.7. The summed E-state index contributed by atoms with van der Waals surface area (Å²) in [5.74, 6) is 1.39. The third-order valence-electron chi connectivity index (χ3n) is 5.94. The average molecular weight is 477 g/mol. The Morgan fingerprint density at radius 3 is 2.72 bits per heavy atom. The number of hydrogen-bond acceptors (Lipinski definition) is 7. The van der Waals surface area contributed by atoms with E-state index in [9.17, 15) is 0 Å². The largest absolute Gasteiger partial charge is 0.491 e. The molecular weight excluding hydrogens is 452 g/mol. The van der Waals surface area contributed by atoms with E-state index in [0.717, 1.165) is 56.7 Å². The third-order valence-corrected chi connectivity index (χ3v) is 5.94. The number of nitrogens with zero attached hydrogens (tertiary/aromatic N) is 6. The molecule has 6 aromatic rings. The fourth-order valence-electron chi connectivity index (χ4n) is 4.11. The van der Waals surface area contributed by atoms with Crippen LogP contribution in [0.25, 0.3) is 56.0 Å². The Labute approximate surface area is 207 Å². The number of hydrogen-bond donors (Lipinski definition) is 2. The van der Waals surface area contributed by atoms with Crippen molar-refractivity contribution in [3.05, 3.63) is 73.3 Å². The highest BCUT2D eigenvalue weighted by Crippen LogP contribution is 2.32. The molecule has 0 saturated heterocycles. The molecule has 2 N–H and O–H groups in total. The molecule has 0 aliphatic rings. The first kappa shape index (κ1) is 21.9. The molecule has 0 amide bonds. The summed E-state index contributed by atoms with van der Waals surface area (Å²) >= 11 is 0. The number of likely N-dealkylation sites (N-methyl/N-ethyl adjacent to an activating group) is 1. The van der Waals surface area contributed by atoms with E-state index in [1.54, 1.807) is 24.8 Å². The van der Waals surface area contributed by atoms with E-state index in [4.69, 9.17) is 9.72 Å². The van der Waals surface area contributed by atoms with Gasteiger partial charge in [-0.25, -0.2) is 4.98 Å². The molecule has 9 heteroatoms. The van der Waals surface area contributed by atoms with Crippen molar-refractivity contribution >= 4 is 21.9 Å². The first-order valence-electron chi connectivity index (χ1n) is 11.6. The normalized spacial score (nSPS) is 11.5. The lowest BCUT2D eigenvalue weighted by Gasteiger charge is -2.11. The first-order valence-corrected chi connectivity index (χ1v) is 11.6. The van der Waals surface area contributed by atoms with E-state index >= 15 is 0 Å². The quantitative estimate of drug-likeness (QED) is 0.348. The van der Waals surface area contributed by atoms with Crippen molar-refractivity contribution < 1.29 is 4.74 Å². The van der Waals surface area contributed by atoms with Crippen LogP contribution in [0.5, 0.6) is 5.75 Å². The van der Waals surface area contributed by atoms with Crippen molar-refractivity contribution in [1.82, 2.24) is 40.0 Å². The maximum Gasteiger partial charge on any atom is 0.159 e. The van der Waals surface area contributed by atoms with Gasteiger partial charge in [0.25, 0.3) is 0 Å². The fourth-order valence-corrected chi connectivity index (χ4v) is 4.11. The van der Waals surface area contributed by atoms with Gasteiger partial charge < -0.3 is 14.6 Å². The molecule has 178 valence electrons. The average Bonchev–Trinajstić information content (AvgIpc) is 3.53. The number of benzene rings is 1. The number of aromatic amines is 2. The summed E-state index contributed by atoms with van der Waals surface area (Å²) in [5.41, 5.74) is 6.81. The summed E-state index contributed by atoms with van der Waals surface area (Å²) in [5, 5.41) is 8.54. The van der Waals surface area contributed by atoms with Gasteiger partial charge in [-0.15, -0.1) is 0 Å². The Morgan fingerprint density at radius 1 is 0.917 bits per heavy atom. The highest BCUT2D eigenvalue weighted by molar-refractivity contribution is 5.97. The molecule has 0 saturated carbocycles. The molecule has 0 radical (unpaired) electrons. The van der Waals surface area contributed by atoms with Crippen LogP contribution in [0.3, 0.4) is 0 Å². The van der Waals surface area contributed by atoms with Gasteiger partial charge >= 0.3 is 0 Å². The number of rotatable bonds is 7. The smallest absolute Gasteiger partial charge is 0.159 e. The van der Waals surface area contributed by atoms with Gasteiger partial charge in [0.2, 0.25) is 0 Å². The Morgan fingerprint density at radius 2 is 1.86 bits per heavy atom. The number of pyridine rings is 3. The second-order valence-electron chi connectivity index (χ2n) is 8.75. The van der Waals surface area contributed by atoms with Crippen molar-refractivity contribution in [3.8, 4) is 39.8 Å². The van der Waals surface area contributed by atoms with Crippen molar-refractivity contribution in [2.75, 3.05) is 27.2 Å². The highest BCUT2D eigenvalue weighted by atomic mass is 16.5. The van der Waals surface area contributed by atoms with Gasteiger partial charge in [-0.05, 0) is 44.4 Å². The third kappa shape index (κ3) is 4.16. The van der Waals surface area contributed by atoms with Crippen LogP contribution in [-0.2, 0) is 0 Å². The number of fused-ring (bicyclic) bond motifs is 2. The number of nitrogens with one attached hydrogen (secondary N) is 2. The van der Waals surface area contributed by atoms with Crippen molar-refractivity contribution in [2.45, 2.75) is 0 Å². The molecule has 9 nitrogen and oxygen atoms in total. The minimum Gasteiger partial charge on any atom is -0.491 e. The standard InChI is InChI=1S/C27H24N8O/c1-35(2)10-11-36-18-12-17(14-28-15-18)23-13-20-24(16-30-23)33-34-26(20)27-31-22-8-5-6-19(25(22)32-27)21-7-3-4-9-29-21/h3-9,12-16H,10-11H2,1-2H3,(H,31,32)(H,33,34). The van der Waals surface area contributed by atoms with E-state index in [-0.39, 0.29) is 0 Å². The summed E-state index contributed by atoms with van der Waals surface area (Å²) in [7, 11) is 4.03. The molecule has 1 aromatic carbocycles. The maximum absolute atomic E-state index is 5.86. The van der Waals surface area contributed by atoms with Gasteiger partial charge in [-0.2, -0.15) is 5.10 Å². The van der Waals surface area contributed by atoms with E-state index < -0.39 is 0 Å². The zero-order chi connectivity index (χ0) is 24.5. The minimum absolute atomic E-state index is 0.586. The molecule has 5 heterocycles. The van der Waals surface area contributed by atoms with Crippen LogP contribution < -0.4 is 4.74 Å². The van der Waals surface area contributed by atoms with Crippen molar-refractivity contribution in [3.63, 3.8) is 0 Å². The number of imidazole rings is 1. The van der Waals surface area contributed by atoms with Crippen LogP contribution in [0.1, 0.15) is 0 Å². The lowest BCUT2D eigenvalue weighted by atomic mass is 10.1. The Kier molecular flexibility index (Phi) is 5.59. The van der Waals surface area contributed by atoms with Crippen LogP contribution in [0.2, 0.25) is 0 Å². The predicted octanol–water partition coefficient (Wildman–Crippen LogP) is 4.57. The molecule has 0 atom stereocenters. The summed E-state index contributed by atoms with van der Waals surface area (Å²) in [6, 6.07) is 15.9. The second kappa shape index (κ2) is 9.20. The lowest BCUT2D eigenvalue weighted by molar-refractivity contribution is 0.261. The van der Waals surface area contributed by atoms with Crippen LogP contribution in [0.4, 0.5) is 0 Å². The molecule has 36 heavy (non-hydrogen) atoms. The van der Waals surface area contributed by atoms with Crippen molar-refractivity contribution in [1.29, 1.82) is 0 Å². The number of H-pyrrole nitrogens is 2. The van der Waals surface area contributed by atoms with Gasteiger partial charge in [-0.3, -0.25) is 20.1 Å². The summed E-state index contributed by atoms with van der Waals surface area (Å²) in [6.45, 7) is 1.41. The lowest BCUT2D eigenvalue weighted by Crippen LogP contribution is -2.19. The van der Waals surface area contributed by atoms with Gasteiger partial charge in [0, 0.05) is 35.5 Å². The summed E-state index contributed by atoms with van der Waals surface area (Å²) in [4.78, 5) is 23.9. The number of ether oxygens (including phenoxy) is 1. The fraction of sp³-hybridized carbons (Fsp3) is 0.148. The zero-order valence-electron chi connectivity index (χ0n) is 19.9. The molecule has 0 aliphatic heterocycles. The molecule has 5 aromatic heterocycles. The van der Waals surface area contributed by atoms with Crippen LogP contribution >= 0.6 is 0 Å². The number of aromatic nitrogens is 7. The summed E-state index contributed by atoms with van der Waals surface area (Å²) in [6.07, 6.45) is 7.07. The van der Waals surface area contributed by atoms with Crippen LogP contribution in [0, 0.1) is 0 Å². The molecule has 0 aliphatic carbocycles. The van der Waals surface area contributed by atoms with Crippen molar-refractivity contribution in [2.24, 2.45) is 0 Å². The second-order valence-corrected chi connectivity index (χ2v) is 8.75. The van der Waals surface area contributed by atoms with E-state index in [2.05, 4.69) is 35.0 Å². The van der Waals surface area contributed by atoms with E-state index in [0.29, 0.717) is 18.2 Å². The topological polar surface area (TPSA) is 109 Å². The molecular formula is C27H24N8O. The van der Waals surface area contributed by atoms with Crippen LogP contribution in [0.15, 0.2) is 73.3 Å². The zero-order valence-corrected chi connectivity index (χ0v) is 19.9. The van der Waals surface area contributed by atoms with Gasteiger partial charge in [-0.1, -0.05) is 18.2 Å². The Bertz CT molecular complexity index is 1660. The Balaban J connectivity index is 1.38. The number of para-hydroxylation sites is 1. The molecule has 0 unspecified atom stereocenters. The highest BCUT2D eigenvalue weighted by Gasteiger charge is 2.16. The van der Waals surface area contributed by atoms with E-state index in [1.807, 2.05) is 62.6 Å². The molecule has 0 fully saturated rings. The Hall–Kier alpha value is -4.63. The molecule has 6 rings (SSSR count). The van der Waals surface area contributed by atoms with Crippen LogP contribution in [-0.4, -0.2) is 67.3 Å². The van der Waals surface area contributed by atoms with Gasteiger partial charge in [0.05, 0.1) is 40.3 Å². The maximum atomic E-state index is 5.86. The van der Waals surface area contributed by atoms with Gasteiger partial charge in [0.15, 0.2) is 5.82 Å². The monoisotopic (exact) mass is 476 g/mol. The molecule has 0 bridgehead atoms. The molecule has 0 spiro atoms. The van der Waals surface area contributed by atoms with E-state index in [1.165, 1.54) is 0 Å². The minimum atomic E-state index is 0.586. The SMILES string of the molecule is CN(C)CCOc1cncc(-c2cc3c(-c4nc5c(-c6ccccn6)cccc5[nH]4)n[nH]c3cn2)c1. The van der Waals surface area contributed by atoms with Gasteiger partial charge in [0.1, 0.15) is 18.1 Å². The summed E-state index contributed by atoms with van der Waals surface area (Å²) < 4.78 is 5.86. The predicted molar refractivity (Wildman–Crippen MR) is 139 cm³/mol.